The van der Waals surface area contributed by atoms with Crippen LogP contribution in [0, 0.1) is 0 Å². The Balaban J connectivity index is 1.78. The molecule has 0 saturated heterocycles. The monoisotopic (exact) mass is 281 g/mol. The van der Waals surface area contributed by atoms with Crippen molar-refractivity contribution in [3.63, 3.8) is 0 Å². The molecule has 100 valence electrons. The molecule has 1 aliphatic heterocycles. The molecular weight excluding hydrogens is 266 g/mol. The summed E-state index contributed by atoms with van der Waals surface area (Å²) >= 11 is 1.77. The van der Waals surface area contributed by atoms with Gasteiger partial charge in [-0.1, -0.05) is 36.4 Å². The summed E-state index contributed by atoms with van der Waals surface area (Å²) < 4.78 is 7.49. The van der Waals surface area contributed by atoms with E-state index in [1.807, 2.05) is 18.2 Å². The van der Waals surface area contributed by atoms with Crippen molar-refractivity contribution in [2.75, 3.05) is 0 Å². The standard InChI is InChI=1S/C17H15NOS/c18-14-9-16(19-15-7-3-1-6-12(14)15)13-10-20-17-8-4-2-5-11(13)17/h1-8,10,14,16H,9,18H2/t14-,16?/m0/s1. The molecule has 2 N–H and O–H groups in total. The van der Waals surface area contributed by atoms with Crippen molar-refractivity contribution in [2.45, 2.75) is 18.6 Å². The van der Waals surface area contributed by atoms with Crippen molar-refractivity contribution in [3.8, 4) is 5.75 Å². The highest BCUT2D eigenvalue weighted by molar-refractivity contribution is 7.17. The van der Waals surface area contributed by atoms with Gasteiger partial charge in [0.25, 0.3) is 0 Å². The second kappa shape index (κ2) is 4.62. The van der Waals surface area contributed by atoms with E-state index in [1.54, 1.807) is 11.3 Å². The van der Waals surface area contributed by atoms with Crippen molar-refractivity contribution in [1.29, 1.82) is 0 Å². The Morgan fingerprint density at radius 1 is 1.00 bits per heavy atom. The second-order valence-electron chi connectivity index (χ2n) is 5.17. The Morgan fingerprint density at radius 2 is 1.80 bits per heavy atom. The summed E-state index contributed by atoms with van der Waals surface area (Å²) in [6.45, 7) is 0. The fourth-order valence-corrected chi connectivity index (χ4v) is 3.89. The van der Waals surface area contributed by atoms with E-state index in [9.17, 15) is 0 Å². The summed E-state index contributed by atoms with van der Waals surface area (Å²) in [6.07, 6.45) is 0.883. The smallest absolute Gasteiger partial charge is 0.127 e. The summed E-state index contributed by atoms with van der Waals surface area (Å²) in [5, 5.41) is 3.49. The SMILES string of the molecule is N[C@H]1CC(c2csc3ccccc23)Oc2ccccc21. The topological polar surface area (TPSA) is 35.2 Å². The van der Waals surface area contributed by atoms with Gasteiger partial charge in [-0.25, -0.2) is 0 Å². The lowest BCUT2D eigenvalue weighted by atomic mass is 9.93. The number of rotatable bonds is 1. The van der Waals surface area contributed by atoms with E-state index in [2.05, 4.69) is 35.7 Å². The van der Waals surface area contributed by atoms with Crippen LogP contribution in [-0.2, 0) is 0 Å². The van der Waals surface area contributed by atoms with Crippen molar-refractivity contribution in [3.05, 3.63) is 65.0 Å². The van der Waals surface area contributed by atoms with Crippen LogP contribution in [0.3, 0.4) is 0 Å². The van der Waals surface area contributed by atoms with E-state index in [1.165, 1.54) is 15.6 Å². The van der Waals surface area contributed by atoms with Gasteiger partial charge < -0.3 is 10.5 Å². The van der Waals surface area contributed by atoms with Crippen molar-refractivity contribution in [2.24, 2.45) is 5.73 Å². The van der Waals surface area contributed by atoms with E-state index in [4.69, 9.17) is 10.5 Å². The van der Waals surface area contributed by atoms with Crippen molar-refractivity contribution in [1.82, 2.24) is 0 Å². The molecule has 0 saturated carbocycles. The van der Waals surface area contributed by atoms with Gasteiger partial charge in [0.1, 0.15) is 11.9 Å². The Kier molecular flexibility index (Phi) is 2.76. The molecule has 0 fully saturated rings. The fraction of sp³-hybridized carbons (Fsp3) is 0.176. The predicted octanol–water partition coefficient (Wildman–Crippen LogP) is 4.42. The molecule has 2 heterocycles. The number of benzene rings is 2. The average molecular weight is 281 g/mol. The largest absolute Gasteiger partial charge is 0.485 e. The highest BCUT2D eigenvalue weighted by Crippen LogP contribution is 2.42. The fourth-order valence-electron chi connectivity index (χ4n) is 2.89. The maximum atomic E-state index is 6.31. The number of para-hydroxylation sites is 1. The van der Waals surface area contributed by atoms with Crippen LogP contribution >= 0.6 is 11.3 Å². The highest BCUT2D eigenvalue weighted by Gasteiger charge is 2.28. The second-order valence-corrected chi connectivity index (χ2v) is 6.08. The molecule has 3 heteroatoms. The molecule has 20 heavy (non-hydrogen) atoms. The van der Waals surface area contributed by atoms with Gasteiger partial charge in [-0.3, -0.25) is 0 Å². The van der Waals surface area contributed by atoms with Gasteiger partial charge in [-0.05, 0) is 22.9 Å². The van der Waals surface area contributed by atoms with E-state index in [0.717, 1.165) is 17.7 Å². The Morgan fingerprint density at radius 3 is 2.75 bits per heavy atom. The average Bonchev–Trinajstić information content (AvgIpc) is 2.91. The summed E-state index contributed by atoms with van der Waals surface area (Å²) in [6, 6.07) is 16.6. The molecule has 0 aliphatic carbocycles. The number of nitrogens with two attached hydrogens (primary N) is 1. The summed E-state index contributed by atoms with van der Waals surface area (Å²) in [5.41, 5.74) is 8.68. The van der Waals surface area contributed by atoms with Crippen LogP contribution in [0.25, 0.3) is 10.1 Å². The summed E-state index contributed by atoms with van der Waals surface area (Å²) in [5.74, 6) is 0.923. The van der Waals surface area contributed by atoms with E-state index in [0.29, 0.717) is 0 Å². The lowest BCUT2D eigenvalue weighted by molar-refractivity contribution is 0.163. The summed E-state index contributed by atoms with van der Waals surface area (Å²) in [4.78, 5) is 0. The van der Waals surface area contributed by atoms with Gasteiger partial charge in [0.2, 0.25) is 0 Å². The van der Waals surface area contributed by atoms with Crippen LogP contribution in [0.4, 0.5) is 0 Å². The van der Waals surface area contributed by atoms with Crippen LogP contribution in [0.1, 0.15) is 29.7 Å². The first-order valence-corrected chi connectivity index (χ1v) is 7.68. The number of thiophene rings is 1. The van der Waals surface area contributed by atoms with E-state index >= 15 is 0 Å². The quantitative estimate of drug-likeness (QED) is 0.716. The Labute approximate surface area is 121 Å². The van der Waals surface area contributed by atoms with E-state index < -0.39 is 0 Å². The molecule has 0 amide bonds. The van der Waals surface area contributed by atoms with E-state index in [-0.39, 0.29) is 12.1 Å². The first-order valence-electron chi connectivity index (χ1n) is 6.80. The molecular formula is C17H15NOS. The number of hydrogen-bond donors (Lipinski definition) is 1. The molecule has 0 spiro atoms. The third-order valence-electron chi connectivity index (χ3n) is 3.91. The minimum Gasteiger partial charge on any atom is -0.485 e. The van der Waals surface area contributed by atoms with Crippen LogP contribution < -0.4 is 10.5 Å². The predicted molar refractivity (Wildman–Crippen MR) is 83.2 cm³/mol. The zero-order valence-corrected chi connectivity index (χ0v) is 11.8. The first-order chi connectivity index (χ1) is 9.83. The van der Waals surface area contributed by atoms with Gasteiger partial charge in [-0.15, -0.1) is 11.3 Å². The maximum Gasteiger partial charge on any atom is 0.127 e. The molecule has 3 aromatic rings. The number of fused-ring (bicyclic) bond motifs is 2. The Hall–Kier alpha value is -1.84. The molecule has 2 atom stereocenters. The van der Waals surface area contributed by atoms with Crippen molar-refractivity contribution >= 4 is 21.4 Å². The molecule has 0 bridgehead atoms. The van der Waals surface area contributed by atoms with Crippen molar-refractivity contribution < 1.29 is 4.74 Å². The van der Waals surface area contributed by atoms with Gasteiger partial charge in [0.05, 0.1) is 0 Å². The van der Waals surface area contributed by atoms with Gasteiger partial charge in [-0.2, -0.15) is 0 Å². The molecule has 2 nitrogen and oxygen atoms in total. The third-order valence-corrected chi connectivity index (χ3v) is 4.90. The van der Waals surface area contributed by atoms with Gasteiger partial charge in [0, 0.05) is 28.3 Å². The normalized spacial score (nSPS) is 21.4. The van der Waals surface area contributed by atoms with Crippen LogP contribution in [0.2, 0.25) is 0 Å². The Bertz CT molecular complexity index is 764. The minimum absolute atomic E-state index is 0.0450. The highest BCUT2D eigenvalue weighted by atomic mass is 32.1. The first kappa shape index (κ1) is 11.9. The lowest BCUT2D eigenvalue weighted by Gasteiger charge is -2.30. The molecule has 1 aromatic heterocycles. The van der Waals surface area contributed by atoms with Crippen LogP contribution in [0.5, 0.6) is 5.75 Å². The number of hydrogen-bond acceptors (Lipinski definition) is 3. The van der Waals surface area contributed by atoms with Gasteiger partial charge >= 0.3 is 0 Å². The van der Waals surface area contributed by atoms with Gasteiger partial charge in [0.15, 0.2) is 0 Å². The zero-order chi connectivity index (χ0) is 13.5. The maximum absolute atomic E-state index is 6.31. The molecule has 2 aromatic carbocycles. The molecule has 1 aliphatic rings. The lowest BCUT2D eigenvalue weighted by Crippen LogP contribution is -2.23. The minimum atomic E-state index is 0.0450. The van der Waals surface area contributed by atoms with Crippen LogP contribution in [-0.4, -0.2) is 0 Å². The molecule has 1 unspecified atom stereocenters. The third kappa shape index (κ3) is 1.82. The van der Waals surface area contributed by atoms with Crippen LogP contribution in [0.15, 0.2) is 53.9 Å². The number of ether oxygens (including phenoxy) is 1. The molecule has 0 radical (unpaired) electrons. The molecule has 4 rings (SSSR count). The zero-order valence-electron chi connectivity index (χ0n) is 11.0. The summed E-state index contributed by atoms with van der Waals surface area (Å²) in [7, 11) is 0.